The number of hydrogen-bond acceptors (Lipinski definition) is 4. The first-order chi connectivity index (χ1) is 9.45. The molecular formula is C13H18N2O4S. The van der Waals surface area contributed by atoms with Crippen molar-refractivity contribution in [2.45, 2.75) is 11.3 Å². The predicted molar refractivity (Wildman–Crippen MR) is 76.8 cm³/mol. The van der Waals surface area contributed by atoms with E-state index in [9.17, 15) is 13.2 Å². The van der Waals surface area contributed by atoms with Crippen molar-refractivity contribution in [1.29, 1.82) is 0 Å². The highest BCUT2D eigenvalue weighted by atomic mass is 32.2. The Hall–Kier alpha value is -1.70. The Labute approximate surface area is 118 Å². The number of carbonyl (C=O) groups is 1. The zero-order valence-electron chi connectivity index (χ0n) is 11.2. The molecule has 3 N–H and O–H groups in total. The van der Waals surface area contributed by atoms with E-state index in [1.54, 1.807) is 19.2 Å². The van der Waals surface area contributed by atoms with Crippen LogP contribution in [0.25, 0.3) is 6.08 Å². The average molecular weight is 298 g/mol. The summed E-state index contributed by atoms with van der Waals surface area (Å²) in [6.45, 7) is 1.10. The van der Waals surface area contributed by atoms with Gasteiger partial charge in [0.1, 0.15) is 0 Å². The number of carboxylic acid groups (broad SMARTS) is 1. The second kappa shape index (κ2) is 7.78. The van der Waals surface area contributed by atoms with Crippen LogP contribution in [0.1, 0.15) is 12.0 Å². The Bertz CT molecular complexity index is 565. The summed E-state index contributed by atoms with van der Waals surface area (Å²) in [6.07, 6.45) is 3.10. The van der Waals surface area contributed by atoms with Gasteiger partial charge in [0.05, 0.1) is 4.90 Å². The minimum atomic E-state index is -3.51. The first kappa shape index (κ1) is 16.4. The number of carboxylic acids is 1. The zero-order chi connectivity index (χ0) is 15.0. The molecule has 0 aliphatic heterocycles. The monoisotopic (exact) mass is 298 g/mol. The van der Waals surface area contributed by atoms with E-state index in [0.29, 0.717) is 18.5 Å². The molecule has 0 fully saturated rings. The quantitative estimate of drug-likeness (QED) is 0.484. The van der Waals surface area contributed by atoms with Gasteiger partial charge in [-0.2, -0.15) is 0 Å². The van der Waals surface area contributed by atoms with Crippen molar-refractivity contribution in [3.05, 3.63) is 35.9 Å². The first-order valence-electron chi connectivity index (χ1n) is 6.11. The van der Waals surface area contributed by atoms with Gasteiger partial charge >= 0.3 is 5.97 Å². The maximum Gasteiger partial charge on any atom is 0.328 e. The number of benzene rings is 1. The smallest absolute Gasteiger partial charge is 0.328 e. The molecule has 0 spiro atoms. The SMILES string of the molecule is CNCCCNS(=O)(=O)c1ccc(C=CC(=O)O)cc1. The fourth-order valence-electron chi connectivity index (χ4n) is 1.48. The van der Waals surface area contributed by atoms with E-state index in [1.807, 2.05) is 0 Å². The standard InChI is InChI=1S/C13H18N2O4S/c1-14-9-2-10-15-20(18,19)12-6-3-11(4-7-12)5-8-13(16)17/h3-8,14-15H,2,9-10H2,1H3,(H,16,17). The molecule has 1 rings (SSSR count). The fourth-order valence-corrected chi connectivity index (χ4v) is 2.55. The van der Waals surface area contributed by atoms with Crippen LogP contribution in [0.2, 0.25) is 0 Å². The average Bonchev–Trinajstić information content (AvgIpc) is 2.42. The summed E-state index contributed by atoms with van der Waals surface area (Å²) in [5.74, 6) is -1.05. The third-order valence-electron chi connectivity index (χ3n) is 2.50. The molecule has 0 atom stereocenters. The van der Waals surface area contributed by atoms with Crippen molar-refractivity contribution in [3.8, 4) is 0 Å². The van der Waals surface area contributed by atoms with Gasteiger partial charge in [-0.05, 0) is 43.8 Å². The largest absolute Gasteiger partial charge is 0.478 e. The van der Waals surface area contributed by atoms with Gasteiger partial charge in [-0.3, -0.25) is 0 Å². The molecule has 6 nitrogen and oxygen atoms in total. The highest BCUT2D eigenvalue weighted by Gasteiger charge is 2.12. The molecule has 7 heteroatoms. The van der Waals surface area contributed by atoms with Gasteiger partial charge in [0.25, 0.3) is 0 Å². The van der Waals surface area contributed by atoms with Crippen LogP contribution in [0.3, 0.4) is 0 Å². The van der Waals surface area contributed by atoms with Crippen LogP contribution in [0.4, 0.5) is 0 Å². The zero-order valence-corrected chi connectivity index (χ0v) is 12.0. The molecule has 0 saturated heterocycles. The molecule has 0 aromatic heterocycles. The number of rotatable bonds is 8. The highest BCUT2D eigenvalue weighted by Crippen LogP contribution is 2.11. The second-order valence-electron chi connectivity index (χ2n) is 4.10. The molecule has 20 heavy (non-hydrogen) atoms. The lowest BCUT2D eigenvalue weighted by Crippen LogP contribution is -2.26. The molecule has 1 aromatic carbocycles. The Morgan fingerprint density at radius 3 is 2.45 bits per heavy atom. The topological polar surface area (TPSA) is 95.5 Å². The predicted octanol–water partition coefficient (Wildman–Crippen LogP) is 0.672. The van der Waals surface area contributed by atoms with Crippen LogP contribution >= 0.6 is 0 Å². The van der Waals surface area contributed by atoms with E-state index in [0.717, 1.165) is 12.6 Å². The Morgan fingerprint density at radius 1 is 1.25 bits per heavy atom. The van der Waals surface area contributed by atoms with E-state index >= 15 is 0 Å². The van der Waals surface area contributed by atoms with Crippen molar-refractivity contribution in [1.82, 2.24) is 10.0 Å². The number of nitrogens with one attached hydrogen (secondary N) is 2. The van der Waals surface area contributed by atoms with E-state index < -0.39 is 16.0 Å². The van der Waals surface area contributed by atoms with Crippen molar-refractivity contribution >= 4 is 22.1 Å². The van der Waals surface area contributed by atoms with Crippen LogP contribution in [0.15, 0.2) is 35.2 Å². The van der Waals surface area contributed by atoms with Gasteiger partial charge in [0.15, 0.2) is 0 Å². The van der Waals surface area contributed by atoms with Crippen LogP contribution in [-0.2, 0) is 14.8 Å². The lowest BCUT2D eigenvalue weighted by molar-refractivity contribution is -0.131. The lowest BCUT2D eigenvalue weighted by Gasteiger charge is -2.06. The molecule has 0 aliphatic rings. The minimum Gasteiger partial charge on any atom is -0.478 e. The van der Waals surface area contributed by atoms with Gasteiger partial charge in [-0.25, -0.2) is 17.9 Å². The van der Waals surface area contributed by atoms with Gasteiger partial charge in [0, 0.05) is 12.6 Å². The molecule has 0 unspecified atom stereocenters. The van der Waals surface area contributed by atoms with Gasteiger partial charge < -0.3 is 10.4 Å². The Balaban J connectivity index is 2.69. The summed E-state index contributed by atoms with van der Waals surface area (Å²) in [5.41, 5.74) is 0.626. The molecule has 0 radical (unpaired) electrons. The molecular weight excluding hydrogens is 280 g/mol. The van der Waals surface area contributed by atoms with Crippen molar-refractivity contribution in [2.24, 2.45) is 0 Å². The number of hydrogen-bond donors (Lipinski definition) is 3. The van der Waals surface area contributed by atoms with Gasteiger partial charge in [-0.15, -0.1) is 0 Å². The first-order valence-corrected chi connectivity index (χ1v) is 7.59. The maximum atomic E-state index is 11.9. The lowest BCUT2D eigenvalue weighted by atomic mass is 10.2. The van der Waals surface area contributed by atoms with E-state index in [-0.39, 0.29) is 4.90 Å². The summed E-state index contributed by atoms with van der Waals surface area (Å²) in [5, 5.41) is 11.4. The molecule has 0 amide bonds. The number of aliphatic carboxylic acids is 1. The summed E-state index contributed by atoms with van der Waals surface area (Å²) < 4.78 is 26.4. The summed E-state index contributed by atoms with van der Waals surface area (Å²) in [4.78, 5) is 10.5. The van der Waals surface area contributed by atoms with Crippen molar-refractivity contribution < 1.29 is 18.3 Å². The van der Waals surface area contributed by atoms with E-state index in [4.69, 9.17) is 5.11 Å². The molecule has 1 aromatic rings. The Kier molecular flexibility index (Phi) is 6.37. The van der Waals surface area contributed by atoms with E-state index in [1.165, 1.54) is 18.2 Å². The second-order valence-corrected chi connectivity index (χ2v) is 5.86. The summed E-state index contributed by atoms with van der Waals surface area (Å²) in [6, 6.07) is 6.01. The summed E-state index contributed by atoms with van der Waals surface area (Å²) in [7, 11) is -1.70. The van der Waals surface area contributed by atoms with Crippen molar-refractivity contribution in [3.63, 3.8) is 0 Å². The Morgan fingerprint density at radius 2 is 1.90 bits per heavy atom. The maximum absolute atomic E-state index is 11.9. The molecule has 110 valence electrons. The minimum absolute atomic E-state index is 0.162. The van der Waals surface area contributed by atoms with Gasteiger partial charge in [0.2, 0.25) is 10.0 Å². The highest BCUT2D eigenvalue weighted by molar-refractivity contribution is 7.89. The van der Waals surface area contributed by atoms with Gasteiger partial charge in [-0.1, -0.05) is 12.1 Å². The molecule has 0 bridgehead atoms. The summed E-state index contributed by atoms with van der Waals surface area (Å²) >= 11 is 0. The van der Waals surface area contributed by atoms with Crippen LogP contribution in [-0.4, -0.2) is 39.6 Å². The normalized spacial score (nSPS) is 11.8. The fraction of sp³-hybridized carbons (Fsp3) is 0.308. The number of sulfonamides is 1. The van der Waals surface area contributed by atoms with Crippen LogP contribution < -0.4 is 10.0 Å². The molecule has 0 heterocycles. The van der Waals surface area contributed by atoms with E-state index in [2.05, 4.69) is 10.0 Å². The van der Waals surface area contributed by atoms with Crippen LogP contribution in [0, 0.1) is 0 Å². The third-order valence-corrected chi connectivity index (χ3v) is 3.98. The van der Waals surface area contributed by atoms with Crippen LogP contribution in [0.5, 0.6) is 0 Å². The molecule has 0 aliphatic carbocycles. The molecule has 0 saturated carbocycles. The third kappa shape index (κ3) is 5.52. The van der Waals surface area contributed by atoms with Crippen molar-refractivity contribution in [2.75, 3.05) is 20.1 Å².